The Morgan fingerprint density at radius 1 is 1.42 bits per heavy atom. The summed E-state index contributed by atoms with van der Waals surface area (Å²) in [5.74, 6) is -0.467. The number of likely N-dealkylation sites (tertiary alicyclic amines) is 1. The van der Waals surface area contributed by atoms with Gasteiger partial charge in [-0.05, 0) is 30.6 Å². The first-order valence-corrected chi connectivity index (χ1v) is 7.15. The fourth-order valence-corrected chi connectivity index (χ4v) is 2.83. The normalized spacial score (nSPS) is 32.8. The second-order valence-corrected chi connectivity index (χ2v) is 6.54. The van der Waals surface area contributed by atoms with Crippen LogP contribution in [0.4, 0.5) is 4.79 Å². The Morgan fingerprint density at radius 3 is 2.53 bits per heavy atom. The fourth-order valence-electron chi connectivity index (χ4n) is 2.83. The van der Waals surface area contributed by atoms with Crippen LogP contribution in [0.15, 0.2) is 0 Å². The molecule has 1 saturated heterocycles. The van der Waals surface area contributed by atoms with E-state index in [1.54, 1.807) is 0 Å². The second-order valence-electron chi connectivity index (χ2n) is 6.54. The van der Waals surface area contributed by atoms with Crippen LogP contribution in [0.2, 0.25) is 0 Å². The lowest BCUT2D eigenvalue weighted by Crippen LogP contribution is -2.54. The third-order valence-electron chi connectivity index (χ3n) is 4.65. The molecule has 2 rings (SSSR count). The van der Waals surface area contributed by atoms with Gasteiger partial charge in [0, 0.05) is 12.6 Å². The molecule has 2 fully saturated rings. The van der Waals surface area contributed by atoms with Crippen molar-refractivity contribution in [3.8, 4) is 0 Å². The number of carbonyl (C=O) groups excluding carboxylic acids is 1. The number of aliphatic carboxylic acids is 1. The van der Waals surface area contributed by atoms with Crippen molar-refractivity contribution >= 4 is 12.0 Å². The standard InChI is InChI=1S/C14H24N2O3/c1-4-9-5-6-16(10(7-9)12(17)18)13(19)15-11-8-14(11,2)3/h9-11H,4-8H2,1-3H3,(H,15,19)(H,17,18). The van der Waals surface area contributed by atoms with Crippen LogP contribution >= 0.6 is 0 Å². The molecule has 2 N–H and O–H groups in total. The lowest BCUT2D eigenvalue weighted by molar-refractivity contribution is -0.144. The largest absolute Gasteiger partial charge is 0.480 e. The van der Waals surface area contributed by atoms with Crippen LogP contribution in [0.1, 0.15) is 46.5 Å². The van der Waals surface area contributed by atoms with Gasteiger partial charge < -0.3 is 15.3 Å². The molecule has 3 unspecified atom stereocenters. The maximum atomic E-state index is 12.2. The molecule has 0 spiro atoms. The Balaban J connectivity index is 1.97. The quantitative estimate of drug-likeness (QED) is 0.823. The molecule has 1 aliphatic carbocycles. The molecule has 1 heterocycles. The van der Waals surface area contributed by atoms with E-state index in [1.807, 2.05) is 0 Å². The SMILES string of the molecule is CCC1CCN(C(=O)NC2CC2(C)C)C(C(=O)O)C1. The summed E-state index contributed by atoms with van der Waals surface area (Å²) in [6, 6.07) is -0.684. The number of carboxylic acids is 1. The molecule has 0 aromatic heterocycles. The average molecular weight is 268 g/mol. The van der Waals surface area contributed by atoms with E-state index in [0.717, 1.165) is 19.3 Å². The Labute approximate surface area is 114 Å². The minimum atomic E-state index is -0.886. The Hall–Kier alpha value is -1.26. The van der Waals surface area contributed by atoms with Crippen molar-refractivity contribution in [3.05, 3.63) is 0 Å². The molecule has 108 valence electrons. The van der Waals surface area contributed by atoms with E-state index in [2.05, 4.69) is 26.1 Å². The zero-order valence-electron chi connectivity index (χ0n) is 12.0. The number of amides is 2. The summed E-state index contributed by atoms with van der Waals surface area (Å²) in [5, 5.41) is 12.3. The number of rotatable bonds is 3. The van der Waals surface area contributed by atoms with Crippen LogP contribution in [0.5, 0.6) is 0 Å². The van der Waals surface area contributed by atoms with Crippen LogP contribution < -0.4 is 5.32 Å². The number of carbonyl (C=O) groups is 2. The Morgan fingerprint density at radius 2 is 2.05 bits per heavy atom. The third kappa shape index (κ3) is 3.01. The summed E-state index contributed by atoms with van der Waals surface area (Å²) in [6.07, 6.45) is 3.44. The molecule has 0 aromatic rings. The summed E-state index contributed by atoms with van der Waals surface area (Å²) < 4.78 is 0. The van der Waals surface area contributed by atoms with Crippen molar-refractivity contribution in [1.29, 1.82) is 0 Å². The molecule has 0 aromatic carbocycles. The fraction of sp³-hybridized carbons (Fsp3) is 0.857. The van der Waals surface area contributed by atoms with Crippen LogP contribution in [-0.4, -0.2) is 40.6 Å². The maximum absolute atomic E-state index is 12.2. The molecule has 1 saturated carbocycles. The van der Waals surface area contributed by atoms with Gasteiger partial charge in [-0.1, -0.05) is 27.2 Å². The predicted molar refractivity (Wildman–Crippen MR) is 71.9 cm³/mol. The van der Waals surface area contributed by atoms with E-state index in [9.17, 15) is 14.7 Å². The highest BCUT2D eigenvalue weighted by atomic mass is 16.4. The highest BCUT2D eigenvalue weighted by molar-refractivity contribution is 5.83. The number of hydrogen-bond donors (Lipinski definition) is 2. The third-order valence-corrected chi connectivity index (χ3v) is 4.65. The van der Waals surface area contributed by atoms with Gasteiger partial charge in [-0.15, -0.1) is 0 Å². The lowest BCUT2D eigenvalue weighted by Gasteiger charge is -2.37. The van der Waals surface area contributed by atoms with Crippen LogP contribution in [0.3, 0.4) is 0 Å². The smallest absolute Gasteiger partial charge is 0.326 e. The zero-order chi connectivity index (χ0) is 14.2. The molecule has 1 aliphatic heterocycles. The van der Waals surface area contributed by atoms with Gasteiger partial charge in [0.1, 0.15) is 6.04 Å². The van der Waals surface area contributed by atoms with Crippen molar-refractivity contribution in [3.63, 3.8) is 0 Å². The minimum absolute atomic E-state index is 0.163. The number of piperidine rings is 1. The summed E-state index contributed by atoms with van der Waals surface area (Å²) in [4.78, 5) is 25.0. The summed E-state index contributed by atoms with van der Waals surface area (Å²) in [6.45, 7) is 6.84. The number of urea groups is 1. The number of hydrogen-bond acceptors (Lipinski definition) is 2. The molecule has 3 atom stereocenters. The van der Waals surface area contributed by atoms with Gasteiger partial charge in [0.25, 0.3) is 0 Å². The molecule has 19 heavy (non-hydrogen) atoms. The molecular weight excluding hydrogens is 244 g/mol. The Bertz CT molecular complexity index is 381. The van der Waals surface area contributed by atoms with Gasteiger partial charge in [0.05, 0.1) is 0 Å². The highest BCUT2D eigenvalue weighted by Crippen LogP contribution is 2.44. The summed E-state index contributed by atoms with van der Waals surface area (Å²) >= 11 is 0. The van der Waals surface area contributed by atoms with E-state index in [1.165, 1.54) is 4.90 Å². The van der Waals surface area contributed by atoms with E-state index < -0.39 is 12.0 Å². The summed E-state index contributed by atoms with van der Waals surface area (Å²) in [7, 11) is 0. The van der Waals surface area contributed by atoms with Gasteiger partial charge in [-0.2, -0.15) is 0 Å². The van der Waals surface area contributed by atoms with E-state index in [0.29, 0.717) is 18.9 Å². The number of nitrogens with zero attached hydrogens (tertiary/aromatic N) is 1. The van der Waals surface area contributed by atoms with Crippen molar-refractivity contribution in [2.75, 3.05) is 6.54 Å². The second kappa shape index (κ2) is 5.02. The number of nitrogens with one attached hydrogen (secondary N) is 1. The van der Waals surface area contributed by atoms with Crippen LogP contribution in [0, 0.1) is 11.3 Å². The van der Waals surface area contributed by atoms with Crippen molar-refractivity contribution < 1.29 is 14.7 Å². The first-order valence-electron chi connectivity index (χ1n) is 7.15. The Kier molecular flexibility index (Phi) is 3.74. The topological polar surface area (TPSA) is 69.6 Å². The van der Waals surface area contributed by atoms with Crippen LogP contribution in [0.25, 0.3) is 0 Å². The lowest BCUT2D eigenvalue weighted by atomic mass is 9.89. The van der Waals surface area contributed by atoms with Gasteiger partial charge in [-0.3, -0.25) is 0 Å². The van der Waals surface area contributed by atoms with Crippen molar-refractivity contribution in [2.24, 2.45) is 11.3 Å². The molecule has 5 heteroatoms. The van der Waals surface area contributed by atoms with Gasteiger partial charge in [-0.25, -0.2) is 9.59 Å². The van der Waals surface area contributed by atoms with Gasteiger partial charge in [0.15, 0.2) is 0 Å². The summed E-state index contributed by atoms with van der Waals surface area (Å²) in [5.41, 5.74) is 0.163. The van der Waals surface area contributed by atoms with E-state index in [4.69, 9.17) is 0 Å². The maximum Gasteiger partial charge on any atom is 0.326 e. The molecular formula is C14H24N2O3. The minimum Gasteiger partial charge on any atom is -0.480 e. The number of carboxylic acid groups (broad SMARTS) is 1. The van der Waals surface area contributed by atoms with E-state index in [-0.39, 0.29) is 17.5 Å². The van der Waals surface area contributed by atoms with Gasteiger partial charge in [0.2, 0.25) is 0 Å². The highest BCUT2D eigenvalue weighted by Gasteiger charge is 2.48. The predicted octanol–water partition coefficient (Wildman–Crippen LogP) is 2.07. The molecule has 0 bridgehead atoms. The first-order chi connectivity index (χ1) is 8.85. The molecule has 2 aliphatic rings. The van der Waals surface area contributed by atoms with E-state index >= 15 is 0 Å². The molecule has 0 radical (unpaired) electrons. The molecule has 5 nitrogen and oxygen atoms in total. The van der Waals surface area contributed by atoms with Crippen molar-refractivity contribution in [1.82, 2.24) is 10.2 Å². The monoisotopic (exact) mass is 268 g/mol. The van der Waals surface area contributed by atoms with Crippen molar-refractivity contribution in [2.45, 2.75) is 58.5 Å². The van der Waals surface area contributed by atoms with Crippen LogP contribution in [-0.2, 0) is 4.79 Å². The average Bonchev–Trinajstić information content (AvgIpc) is 2.95. The first kappa shape index (κ1) is 14.2. The molecule has 2 amide bonds. The zero-order valence-corrected chi connectivity index (χ0v) is 12.0. The van der Waals surface area contributed by atoms with Gasteiger partial charge >= 0.3 is 12.0 Å².